The number of aromatic nitrogens is 5. The fraction of sp³-hybridized carbons (Fsp3) is 0.185. The highest BCUT2D eigenvalue weighted by atomic mass is 16.3. The number of H-pyrrole nitrogens is 1. The van der Waals surface area contributed by atoms with Crippen molar-refractivity contribution in [2.24, 2.45) is 0 Å². The quantitative estimate of drug-likeness (QED) is 0.307. The van der Waals surface area contributed by atoms with Crippen LogP contribution in [0.5, 0.6) is 5.75 Å². The number of rotatable bonds is 7. The number of aromatic hydroxyl groups is 1. The standard InChI is InChI=1S/C27H27N7O2/c1-17(2)24-25(27(36)30-20-10-7-11-21(35)12-20)32-34-22(19-14-28-29-15-19)13-23(31-26(24)34)33(3)16-18-8-5-4-6-9-18/h4-15,17,35H,16H2,1-3H3,(H,28,29)(H,30,36). The van der Waals surface area contributed by atoms with E-state index in [1.165, 1.54) is 6.07 Å². The number of nitrogens with one attached hydrogen (secondary N) is 2. The summed E-state index contributed by atoms with van der Waals surface area (Å²) in [5.74, 6) is 0.435. The molecule has 0 spiro atoms. The van der Waals surface area contributed by atoms with Crippen molar-refractivity contribution in [1.82, 2.24) is 24.8 Å². The van der Waals surface area contributed by atoms with E-state index in [1.807, 2.05) is 45.2 Å². The number of fused-ring (bicyclic) bond motifs is 1. The third kappa shape index (κ3) is 4.50. The SMILES string of the molecule is CC(C)c1c(C(=O)Nc2cccc(O)c2)nn2c(-c3cn[nH]c3)cc(N(C)Cc3ccccc3)nc12. The highest BCUT2D eigenvalue weighted by molar-refractivity contribution is 6.05. The van der Waals surface area contributed by atoms with Gasteiger partial charge in [-0.05, 0) is 23.6 Å². The number of anilines is 2. The van der Waals surface area contributed by atoms with Crippen LogP contribution in [0.3, 0.4) is 0 Å². The minimum absolute atomic E-state index is 0.0215. The smallest absolute Gasteiger partial charge is 0.276 e. The van der Waals surface area contributed by atoms with E-state index in [0.717, 1.165) is 28.2 Å². The number of hydrogen-bond acceptors (Lipinski definition) is 6. The number of hydrogen-bond donors (Lipinski definition) is 3. The van der Waals surface area contributed by atoms with Crippen LogP contribution in [0, 0.1) is 0 Å². The van der Waals surface area contributed by atoms with E-state index in [1.54, 1.807) is 35.1 Å². The lowest BCUT2D eigenvalue weighted by atomic mass is 10.0. The Kier molecular flexibility index (Phi) is 6.12. The van der Waals surface area contributed by atoms with Crippen LogP contribution < -0.4 is 10.2 Å². The van der Waals surface area contributed by atoms with E-state index in [4.69, 9.17) is 10.1 Å². The second kappa shape index (κ2) is 9.53. The minimum Gasteiger partial charge on any atom is -0.508 e. The van der Waals surface area contributed by atoms with Crippen LogP contribution in [0.2, 0.25) is 0 Å². The van der Waals surface area contributed by atoms with Gasteiger partial charge >= 0.3 is 0 Å². The molecule has 182 valence electrons. The van der Waals surface area contributed by atoms with Gasteiger partial charge in [0.1, 0.15) is 11.6 Å². The second-order valence-electron chi connectivity index (χ2n) is 8.99. The maximum absolute atomic E-state index is 13.4. The van der Waals surface area contributed by atoms with Crippen LogP contribution in [0.4, 0.5) is 11.5 Å². The van der Waals surface area contributed by atoms with Gasteiger partial charge in [-0.25, -0.2) is 9.50 Å². The van der Waals surface area contributed by atoms with Crippen LogP contribution in [0.1, 0.15) is 41.4 Å². The molecular weight excluding hydrogens is 454 g/mol. The highest BCUT2D eigenvalue weighted by Crippen LogP contribution is 2.31. The van der Waals surface area contributed by atoms with Crippen molar-refractivity contribution >= 4 is 23.1 Å². The van der Waals surface area contributed by atoms with Gasteiger partial charge in [-0.3, -0.25) is 9.89 Å². The Balaban J connectivity index is 1.63. The predicted octanol–water partition coefficient (Wildman–Crippen LogP) is 4.84. The molecule has 1 amide bonds. The van der Waals surface area contributed by atoms with Crippen molar-refractivity contribution in [3.63, 3.8) is 0 Å². The van der Waals surface area contributed by atoms with Crippen molar-refractivity contribution < 1.29 is 9.90 Å². The molecule has 0 bridgehead atoms. The third-order valence-corrected chi connectivity index (χ3v) is 5.96. The fourth-order valence-electron chi connectivity index (χ4n) is 4.22. The van der Waals surface area contributed by atoms with Gasteiger partial charge in [0, 0.05) is 48.7 Å². The van der Waals surface area contributed by atoms with Crippen LogP contribution in [-0.4, -0.2) is 42.9 Å². The average Bonchev–Trinajstić information content (AvgIpc) is 3.52. The van der Waals surface area contributed by atoms with Gasteiger partial charge in [0.05, 0.1) is 11.9 Å². The third-order valence-electron chi connectivity index (χ3n) is 5.96. The van der Waals surface area contributed by atoms with Crippen molar-refractivity contribution in [3.8, 4) is 17.0 Å². The molecule has 0 saturated heterocycles. The van der Waals surface area contributed by atoms with E-state index in [-0.39, 0.29) is 23.3 Å². The molecule has 2 aromatic carbocycles. The van der Waals surface area contributed by atoms with Crippen LogP contribution in [0.15, 0.2) is 73.1 Å². The number of nitrogens with zero attached hydrogens (tertiary/aromatic N) is 5. The van der Waals surface area contributed by atoms with Gasteiger partial charge < -0.3 is 15.3 Å². The Bertz CT molecular complexity index is 1510. The number of carbonyl (C=O) groups excluding carboxylic acids is 1. The molecular formula is C27H27N7O2. The maximum atomic E-state index is 13.4. The topological polar surface area (TPSA) is 111 Å². The number of phenolic OH excluding ortho intramolecular Hbond substituents is 1. The zero-order valence-corrected chi connectivity index (χ0v) is 20.3. The number of phenols is 1. The highest BCUT2D eigenvalue weighted by Gasteiger charge is 2.26. The number of amides is 1. The normalized spacial score (nSPS) is 11.2. The summed E-state index contributed by atoms with van der Waals surface area (Å²) in [5, 5.41) is 24.3. The van der Waals surface area contributed by atoms with Gasteiger partial charge in [-0.2, -0.15) is 10.2 Å². The first-order valence-electron chi connectivity index (χ1n) is 11.7. The Morgan fingerprint density at radius 1 is 1.14 bits per heavy atom. The Hall–Kier alpha value is -4.66. The molecule has 0 atom stereocenters. The zero-order chi connectivity index (χ0) is 25.2. The Morgan fingerprint density at radius 3 is 2.64 bits per heavy atom. The molecule has 0 radical (unpaired) electrons. The van der Waals surface area contributed by atoms with Gasteiger partial charge in [-0.15, -0.1) is 0 Å². The van der Waals surface area contributed by atoms with Crippen molar-refractivity contribution in [2.75, 3.05) is 17.3 Å². The summed E-state index contributed by atoms with van der Waals surface area (Å²) >= 11 is 0. The summed E-state index contributed by atoms with van der Waals surface area (Å²) in [6, 6.07) is 18.6. The number of carbonyl (C=O) groups is 1. The lowest BCUT2D eigenvalue weighted by Crippen LogP contribution is -2.18. The molecule has 0 aliphatic rings. The molecule has 0 fully saturated rings. The maximum Gasteiger partial charge on any atom is 0.276 e. The molecule has 0 aliphatic carbocycles. The van der Waals surface area contributed by atoms with E-state index >= 15 is 0 Å². The number of aromatic amines is 1. The van der Waals surface area contributed by atoms with Gasteiger partial charge in [0.25, 0.3) is 5.91 Å². The summed E-state index contributed by atoms with van der Waals surface area (Å²) in [7, 11) is 1.99. The Morgan fingerprint density at radius 2 is 1.94 bits per heavy atom. The summed E-state index contributed by atoms with van der Waals surface area (Å²) < 4.78 is 1.71. The van der Waals surface area contributed by atoms with Crippen LogP contribution in [-0.2, 0) is 6.54 Å². The molecule has 36 heavy (non-hydrogen) atoms. The minimum atomic E-state index is -0.368. The summed E-state index contributed by atoms with van der Waals surface area (Å²) in [5.41, 5.74) is 4.88. The molecule has 5 rings (SSSR count). The first-order valence-corrected chi connectivity index (χ1v) is 11.7. The predicted molar refractivity (Wildman–Crippen MR) is 139 cm³/mol. The first kappa shape index (κ1) is 23.1. The monoisotopic (exact) mass is 481 g/mol. The molecule has 3 aromatic heterocycles. The summed E-state index contributed by atoms with van der Waals surface area (Å²) in [4.78, 5) is 20.4. The van der Waals surface area contributed by atoms with E-state index < -0.39 is 0 Å². The largest absolute Gasteiger partial charge is 0.508 e. The zero-order valence-electron chi connectivity index (χ0n) is 20.3. The molecule has 0 unspecified atom stereocenters. The molecule has 5 aromatic rings. The number of benzene rings is 2. The van der Waals surface area contributed by atoms with Gasteiger partial charge in [0.2, 0.25) is 0 Å². The average molecular weight is 482 g/mol. The lowest BCUT2D eigenvalue weighted by molar-refractivity contribution is 0.102. The molecule has 0 saturated carbocycles. The van der Waals surface area contributed by atoms with Crippen LogP contribution >= 0.6 is 0 Å². The van der Waals surface area contributed by atoms with E-state index in [0.29, 0.717) is 17.9 Å². The molecule has 3 N–H and O–H groups in total. The first-order chi connectivity index (χ1) is 17.4. The van der Waals surface area contributed by atoms with Crippen molar-refractivity contribution in [1.29, 1.82) is 0 Å². The molecule has 9 heteroatoms. The summed E-state index contributed by atoms with van der Waals surface area (Å²) in [6.45, 7) is 4.70. The van der Waals surface area contributed by atoms with E-state index in [9.17, 15) is 9.90 Å². The van der Waals surface area contributed by atoms with E-state index in [2.05, 4.69) is 32.5 Å². The molecule has 3 heterocycles. The molecule has 9 nitrogen and oxygen atoms in total. The fourth-order valence-corrected chi connectivity index (χ4v) is 4.22. The van der Waals surface area contributed by atoms with Gasteiger partial charge in [0.15, 0.2) is 11.3 Å². The van der Waals surface area contributed by atoms with Crippen LogP contribution in [0.25, 0.3) is 16.9 Å². The second-order valence-corrected chi connectivity index (χ2v) is 8.99. The Labute approximate surface area is 208 Å². The summed E-state index contributed by atoms with van der Waals surface area (Å²) in [6.07, 6.45) is 3.51. The van der Waals surface area contributed by atoms with Crippen molar-refractivity contribution in [2.45, 2.75) is 26.3 Å². The molecule has 0 aliphatic heterocycles. The van der Waals surface area contributed by atoms with Gasteiger partial charge in [-0.1, -0.05) is 50.2 Å². The lowest BCUT2D eigenvalue weighted by Gasteiger charge is -2.20. The van der Waals surface area contributed by atoms with Crippen molar-refractivity contribution in [3.05, 3.63) is 89.9 Å².